The van der Waals surface area contributed by atoms with Crippen LogP contribution in [0.5, 0.6) is 0 Å². The van der Waals surface area contributed by atoms with E-state index in [0.29, 0.717) is 17.7 Å². The van der Waals surface area contributed by atoms with Crippen LogP contribution in [0.3, 0.4) is 0 Å². The Bertz CT molecular complexity index is 1390. The van der Waals surface area contributed by atoms with E-state index in [1.54, 1.807) is 24.4 Å². The fourth-order valence-corrected chi connectivity index (χ4v) is 6.68. The third-order valence-electron chi connectivity index (χ3n) is 8.57. The fraction of sp³-hybridized carbons (Fsp3) is 0.400. The normalized spacial score (nSPS) is 26.0. The van der Waals surface area contributed by atoms with Gasteiger partial charge in [0, 0.05) is 42.1 Å². The molecule has 3 aliphatic rings. The highest BCUT2D eigenvalue weighted by molar-refractivity contribution is 5.95. The maximum atomic E-state index is 14.2. The molecule has 2 aliphatic heterocycles. The van der Waals surface area contributed by atoms with Crippen LogP contribution in [-0.2, 0) is 4.79 Å². The Hall–Kier alpha value is -4.12. The maximum absolute atomic E-state index is 14.2. The van der Waals surface area contributed by atoms with Gasteiger partial charge in [0.25, 0.3) is 5.91 Å². The number of carbonyl (C=O) groups is 2. The Labute approximate surface area is 222 Å². The molecular weight excluding hydrogens is 476 g/mol. The van der Waals surface area contributed by atoms with Gasteiger partial charge in [-0.15, -0.1) is 0 Å². The SMILES string of the molecule is Cc1cc(C(=O)N[C@@H]2CCCCC2C(=O)N2CC[C@@H]3C(c4ncc[nH]4)Nc4ccccc4[C@@H]32)ccc1C#N. The molecule has 0 radical (unpaired) electrons. The van der Waals surface area contributed by atoms with Gasteiger partial charge in [0.05, 0.1) is 29.6 Å². The van der Waals surface area contributed by atoms with Crippen molar-refractivity contribution >= 4 is 17.5 Å². The Morgan fingerprint density at radius 3 is 2.76 bits per heavy atom. The van der Waals surface area contributed by atoms with Gasteiger partial charge in [-0.1, -0.05) is 31.0 Å². The number of imidazole rings is 1. The number of rotatable bonds is 4. The van der Waals surface area contributed by atoms with Crippen molar-refractivity contribution in [3.8, 4) is 6.07 Å². The minimum atomic E-state index is -0.255. The molecule has 6 rings (SSSR count). The third kappa shape index (κ3) is 4.22. The quantitative estimate of drug-likeness (QED) is 0.475. The molecule has 0 spiro atoms. The van der Waals surface area contributed by atoms with E-state index in [1.165, 1.54) is 0 Å². The minimum Gasteiger partial charge on any atom is -0.375 e. The van der Waals surface area contributed by atoms with Crippen LogP contribution < -0.4 is 10.6 Å². The molecule has 2 amide bonds. The molecule has 8 nitrogen and oxygen atoms in total. The molecule has 8 heteroatoms. The summed E-state index contributed by atoms with van der Waals surface area (Å²) in [4.78, 5) is 37.3. The van der Waals surface area contributed by atoms with Gasteiger partial charge in [0.1, 0.15) is 5.82 Å². The molecular formula is C30H32N6O2. The smallest absolute Gasteiger partial charge is 0.251 e. The number of hydrogen-bond donors (Lipinski definition) is 3. The van der Waals surface area contributed by atoms with E-state index in [4.69, 9.17) is 0 Å². The molecule has 2 aromatic carbocycles. The number of nitriles is 1. The van der Waals surface area contributed by atoms with Gasteiger partial charge in [-0.25, -0.2) is 4.98 Å². The van der Waals surface area contributed by atoms with Crippen molar-refractivity contribution in [3.05, 3.63) is 82.9 Å². The summed E-state index contributed by atoms with van der Waals surface area (Å²) in [6, 6.07) is 15.3. The van der Waals surface area contributed by atoms with Crippen molar-refractivity contribution in [1.29, 1.82) is 5.26 Å². The summed E-state index contributed by atoms with van der Waals surface area (Å²) in [6.07, 6.45) is 8.02. The van der Waals surface area contributed by atoms with E-state index in [-0.39, 0.29) is 41.8 Å². The second kappa shape index (κ2) is 9.97. The maximum Gasteiger partial charge on any atom is 0.251 e. The second-order valence-electron chi connectivity index (χ2n) is 10.7. The van der Waals surface area contributed by atoms with Crippen molar-refractivity contribution in [1.82, 2.24) is 20.2 Å². The van der Waals surface area contributed by atoms with Crippen molar-refractivity contribution in [2.75, 3.05) is 11.9 Å². The number of carbonyl (C=O) groups excluding carboxylic acids is 2. The van der Waals surface area contributed by atoms with Gasteiger partial charge in [-0.05, 0) is 61.6 Å². The van der Waals surface area contributed by atoms with Crippen LogP contribution in [0.1, 0.15) is 77.1 Å². The number of nitrogens with zero attached hydrogens (tertiary/aromatic N) is 3. The van der Waals surface area contributed by atoms with E-state index in [1.807, 2.05) is 25.3 Å². The summed E-state index contributed by atoms with van der Waals surface area (Å²) in [5.41, 5.74) is 4.05. The molecule has 1 saturated heterocycles. The third-order valence-corrected chi connectivity index (χ3v) is 8.57. The topological polar surface area (TPSA) is 114 Å². The van der Waals surface area contributed by atoms with Crippen LogP contribution >= 0.6 is 0 Å². The number of anilines is 1. The van der Waals surface area contributed by atoms with E-state index in [0.717, 1.165) is 54.7 Å². The van der Waals surface area contributed by atoms with Gasteiger partial charge < -0.3 is 20.5 Å². The highest BCUT2D eigenvalue weighted by Gasteiger charge is 2.49. The molecule has 1 aromatic heterocycles. The zero-order chi connectivity index (χ0) is 26.2. The number of hydrogen-bond acceptors (Lipinski definition) is 5. The zero-order valence-electron chi connectivity index (χ0n) is 21.5. The van der Waals surface area contributed by atoms with E-state index in [9.17, 15) is 14.9 Å². The molecule has 1 aliphatic carbocycles. The molecule has 2 unspecified atom stereocenters. The lowest BCUT2D eigenvalue weighted by Crippen LogP contribution is -2.50. The average molecular weight is 509 g/mol. The number of H-pyrrole nitrogens is 1. The molecule has 3 N–H and O–H groups in total. The number of amides is 2. The van der Waals surface area contributed by atoms with Crippen molar-refractivity contribution in [2.45, 2.75) is 57.2 Å². The van der Waals surface area contributed by atoms with Crippen LogP contribution in [0.25, 0.3) is 0 Å². The Morgan fingerprint density at radius 2 is 1.97 bits per heavy atom. The number of nitrogens with one attached hydrogen (secondary N) is 3. The van der Waals surface area contributed by atoms with Gasteiger partial charge in [-0.2, -0.15) is 5.26 Å². The number of benzene rings is 2. The lowest BCUT2D eigenvalue weighted by Gasteiger charge is -2.41. The Morgan fingerprint density at radius 1 is 1.13 bits per heavy atom. The van der Waals surface area contributed by atoms with E-state index in [2.05, 4.69) is 43.7 Å². The molecule has 194 valence electrons. The summed E-state index contributed by atoms with van der Waals surface area (Å²) in [7, 11) is 0. The lowest BCUT2D eigenvalue weighted by atomic mass is 9.80. The second-order valence-corrected chi connectivity index (χ2v) is 10.7. The molecule has 2 fully saturated rings. The first-order valence-electron chi connectivity index (χ1n) is 13.5. The van der Waals surface area contributed by atoms with Crippen LogP contribution in [0.2, 0.25) is 0 Å². The average Bonchev–Trinajstić information content (AvgIpc) is 3.64. The minimum absolute atomic E-state index is 0.00387. The standard InChI is InChI=1S/C30H32N6O2/c1-18-16-19(10-11-20(18)17-31)29(37)35-25-9-5-3-7-22(25)30(38)36-15-12-23-26(28-32-13-14-33-28)34-24-8-4-2-6-21(24)27(23)36/h2,4,6,8,10-11,13-14,16,22-23,25-27,34H,3,5,7,9,12,15H2,1H3,(H,32,33)(H,35,37)/t22?,23-,25-,26?,27+/m1/s1. The number of likely N-dealkylation sites (tertiary alicyclic amines) is 1. The lowest BCUT2D eigenvalue weighted by molar-refractivity contribution is -0.138. The first-order valence-corrected chi connectivity index (χ1v) is 13.5. The summed E-state index contributed by atoms with van der Waals surface area (Å²) >= 11 is 0. The number of aromatic nitrogens is 2. The van der Waals surface area contributed by atoms with Crippen LogP contribution in [-0.4, -0.2) is 39.3 Å². The van der Waals surface area contributed by atoms with Crippen molar-refractivity contribution in [2.24, 2.45) is 11.8 Å². The number of fused-ring (bicyclic) bond motifs is 3. The first kappa shape index (κ1) is 24.2. The van der Waals surface area contributed by atoms with Crippen LogP contribution in [0.15, 0.2) is 54.9 Å². The molecule has 3 heterocycles. The van der Waals surface area contributed by atoms with Gasteiger partial charge in [-0.3, -0.25) is 9.59 Å². The van der Waals surface area contributed by atoms with Crippen molar-refractivity contribution in [3.63, 3.8) is 0 Å². The summed E-state index contributed by atoms with van der Waals surface area (Å²) in [5, 5.41) is 16.1. The van der Waals surface area contributed by atoms with Gasteiger partial charge in [0.2, 0.25) is 5.91 Å². The Balaban J connectivity index is 1.25. The zero-order valence-corrected chi connectivity index (χ0v) is 21.5. The molecule has 38 heavy (non-hydrogen) atoms. The first-order chi connectivity index (χ1) is 18.5. The monoisotopic (exact) mass is 508 g/mol. The van der Waals surface area contributed by atoms with Crippen LogP contribution in [0, 0.1) is 30.1 Å². The van der Waals surface area contributed by atoms with Crippen molar-refractivity contribution < 1.29 is 9.59 Å². The van der Waals surface area contributed by atoms with Gasteiger partial charge >= 0.3 is 0 Å². The predicted molar refractivity (Wildman–Crippen MR) is 143 cm³/mol. The van der Waals surface area contributed by atoms with E-state index >= 15 is 0 Å². The predicted octanol–water partition coefficient (Wildman–Crippen LogP) is 4.64. The number of aromatic amines is 1. The highest BCUT2D eigenvalue weighted by atomic mass is 16.2. The molecule has 0 bridgehead atoms. The summed E-state index contributed by atoms with van der Waals surface area (Å²) in [5.74, 6) is 0.790. The number of aryl methyl sites for hydroxylation is 1. The molecule has 1 saturated carbocycles. The van der Waals surface area contributed by atoms with Crippen LogP contribution in [0.4, 0.5) is 5.69 Å². The molecule has 5 atom stereocenters. The van der Waals surface area contributed by atoms with Gasteiger partial charge in [0.15, 0.2) is 0 Å². The largest absolute Gasteiger partial charge is 0.375 e. The number of para-hydroxylation sites is 1. The van der Waals surface area contributed by atoms with E-state index < -0.39 is 0 Å². The summed E-state index contributed by atoms with van der Waals surface area (Å²) in [6.45, 7) is 2.52. The Kier molecular flexibility index (Phi) is 6.36. The fourth-order valence-electron chi connectivity index (χ4n) is 6.68. The summed E-state index contributed by atoms with van der Waals surface area (Å²) < 4.78 is 0. The highest BCUT2D eigenvalue weighted by Crippen LogP contribution is 2.51. The molecule has 3 aromatic rings.